The molecule has 90 valence electrons. The Bertz CT molecular complexity index is 318. The van der Waals surface area contributed by atoms with E-state index in [0.717, 1.165) is 17.2 Å². The van der Waals surface area contributed by atoms with Gasteiger partial charge in [0.1, 0.15) is 10.7 Å². The summed E-state index contributed by atoms with van der Waals surface area (Å²) in [5.74, 6) is 0. The van der Waals surface area contributed by atoms with Crippen LogP contribution in [0.4, 0.5) is 5.00 Å². The molecule has 1 fully saturated rings. The first kappa shape index (κ1) is 11.8. The second-order valence-corrected chi connectivity index (χ2v) is 5.43. The Morgan fingerprint density at radius 2 is 2.00 bits per heavy atom. The summed E-state index contributed by atoms with van der Waals surface area (Å²) in [6.07, 6.45) is 8.14. The van der Waals surface area contributed by atoms with Crippen LogP contribution in [0.1, 0.15) is 44.2 Å². The van der Waals surface area contributed by atoms with Crippen molar-refractivity contribution in [1.29, 1.82) is 0 Å². The van der Waals surface area contributed by atoms with Gasteiger partial charge in [0.15, 0.2) is 0 Å². The number of nitrogen functional groups attached to an aromatic ring is 1. The molecule has 2 N–H and O–H groups in total. The molecule has 16 heavy (non-hydrogen) atoms. The molecule has 0 spiro atoms. The number of anilines is 1. The molecule has 5 heteroatoms. The molecule has 1 aromatic heterocycles. The van der Waals surface area contributed by atoms with Crippen LogP contribution in [0, 0.1) is 0 Å². The minimum Gasteiger partial charge on any atom is -0.388 e. The van der Waals surface area contributed by atoms with Crippen molar-refractivity contribution in [2.75, 3.05) is 12.8 Å². The van der Waals surface area contributed by atoms with Crippen LogP contribution in [-0.2, 0) is 6.54 Å². The quantitative estimate of drug-likeness (QED) is 0.824. The molecule has 1 aliphatic carbocycles. The van der Waals surface area contributed by atoms with E-state index >= 15 is 0 Å². The van der Waals surface area contributed by atoms with E-state index in [0.29, 0.717) is 6.04 Å². The van der Waals surface area contributed by atoms with Gasteiger partial charge in [-0.25, -0.2) is 0 Å². The molecule has 1 heterocycles. The molecule has 1 aliphatic rings. The molecular weight excluding hydrogens is 220 g/mol. The zero-order chi connectivity index (χ0) is 11.4. The van der Waals surface area contributed by atoms with E-state index in [-0.39, 0.29) is 0 Å². The number of nitrogens with zero attached hydrogens (tertiary/aromatic N) is 3. The average molecular weight is 240 g/mol. The van der Waals surface area contributed by atoms with Crippen molar-refractivity contribution in [2.45, 2.75) is 51.1 Å². The zero-order valence-corrected chi connectivity index (χ0v) is 10.7. The van der Waals surface area contributed by atoms with Crippen LogP contribution in [-0.4, -0.2) is 27.6 Å². The second kappa shape index (κ2) is 5.59. The van der Waals surface area contributed by atoms with Crippen molar-refractivity contribution in [3.63, 3.8) is 0 Å². The summed E-state index contributed by atoms with van der Waals surface area (Å²) in [6.45, 7) is 0.840. The summed E-state index contributed by atoms with van der Waals surface area (Å²) in [4.78, 5) is 2.39. The lowest BCUT2D eigenvalue weighted by Crippen LogP contribution is -2.31. The molecule has 0 saturated heterocycles. The summed E-state index contributed by atoms with van der Waals surface area (Å²) < 4.78 is 3.88. The molecule has 1 aromatic rings. The summed E-state index contributed by atoms with van der Waals surface area (Å²) in [5.41, 5.74) is 6.76. The van der Waals surface area contributed by atoms with Gasteiger partial charge in [0.2, 0.25) is 0 Å². The highest BCUT2D eigenvalue weighted by Gasteiger charge is 2.18. The molecule has 1 saturated carbocycles. The van der Waals surface area contributed by atoms with Crippen LogP contribution >= 0.6 is 11.5 Å². The lowest BCUT2D eigenvalue weighted by molar-refractivity contribution is 0.211. The van der Waals surface area contributed by atoms with Gasteiger partial charge in [-0.2, -0.15) is 0 Å². The first-order valence-electron chi connectivity index (χ1n) is 6.04. The topological polar surface area (TPSA) is 55.0 Å². The van der Waals surface area contributed by atoms with Crippen molar-refractivity contribution < 1.29 is 0 Å². The molecule has 0 radical (unpaired) electrons. The maximum atomic E-state index is 5.82. The van der Waals surface area contributed by atoms with Gasteiger partial charge in [-0.3, -0.25) is 4.90 Å². The zero-order valence-electron chi connectivity index (χ0n) is 9.85. The molecular formula is C11H20N4S. The monoisotopic (exact) mass is 240 g/mol. The molecule has 0 aromatic carbocycles. The number of nitrogens with two attached hydrogens (primary N) is 1. The Morgan fingerprint density at radius 3 is 2.56 bits per heavy atom. The van der Waals surface area contributed by atoms with E-state index in [4.69, 9.17) is 5.73 Å². The van der Waals surface area contributed by atoms with E-state index in [1.165, 1.54) is 50.1 Å². The molecule has 4 nitrogen and oxygen atoms in total. The maximum absolute atomic E-state index is 5.82. The average Bonchev–Trinajstić information content (AvgIpc) is 2.57. The minimum atomic E-state index is 0.698. The third-order valence-corrected chi connectivity index (χ3v) is 4.03. The molecule has 2 rings (SSSR count). The lowest BCUT2D eigenvalue weighted by atomic mass is 10.1. The van der Waals surface area contributed by atoms with E-state index in [1.54, 1.807) is 0 Å². The van der Waals surface area contributed by atoms with Gasteiger partial charge < -0.3 is 5.73 Å². The standard InChI is InChI=1S/C11H20N4S/c1-15(8-10-11(12)16-14-13-10)9-6-4-2-3-5-7-9/h9H,2-8,12H2,1H3. The smallest absolute Gasteiger partial charge is 0.132 e. The Balaban J connectivity index is 1.91. The first-order chi connectivity index (χ1) is 7.77. The van der Waals surface area contributed by atoms with Gasteiger partial charge in [-0.15, -0.1) is 5.10 Å². The third-order valence-electron chi connectivity index (χ3n) is 3.43. The van der Waals surface area contributed by atoms with Gasteiger partial charge in [0.25, 0.3) is 0 Å². The highest BCUT2D eigenvalue weighted by Crippen LogP contribution is 2.23. The fraction of sp³-hybridized carbons (Fsp3) is 0.818. The molecule has 0 atom stereocenters. The number of rotatable bonds is 3. The van der Waals surface area contributed by atoms with E-state index in [1.807, 2.05) is 0 Å². The van der Waals surface area contributed by atoms with Crippen LogP contribution in [0.5, 0.6) is 0 Å². The second-order valence-electron chi connectivity index (χ2n) is 4.64. The van der Waals surface area contributed by atoms with Crippen LogP contribution in [0.15, 0.2) is 0 Å². The maximum Gasteiger partial charge on any atom is 0.132 e. The van der Waals surface area contributed by atoms with Gasteiger partial charge in [-0.1, -0.05) is 30.2 Å². The van der Waals surface area contributed by atoms with Crippen LogP contribution in [0.2, 0.25) is 0 Å². The fourth-order valence-corrected chi connectivity index (χ4v) is 2.83. The highest BCUT2D eigenvalue weighted by atomic mass is 32.1. The van der Waals surface area contributed by atoms with E-state index < -0.39 is 0 Å². The fourth-order valence-electron chi connectivity index (χ4n) is 2.39. The van der Waals surface area contributed by atoms with Crippen molar-refractivity contribution in [3.8, 4) is 0 Å². The number of hydrogen-bond donors (Lipinski definition) is 1. The van der Waals surface area contributed by atoms with Gasteiger partial charge >= 0.3 is 0 Å². The van der Waals surface area contributed by atoms with Crippen LogP contribution in [0.3, 0.4) is 0 Å². The van der Waals surface area contributed by atoms with Crippen molar-refractivity contribution in [3.05, 3.63) is 5.69 Å². The summed E-state index contributed by atoms with van der Waals surface area (Å²) in [7, 11) is 2.18. The minimum absolute atomic E-state index is 0.698. The summed E-state index contributed by atoms with van der Waals surface area (Å²) in [6, 6.07) is 0.698. The number of hydrogen-bond acceptors (Lipinski definition) is 5. The van der Waals surface area contributed by atoms with Crippen molar-refractivity contribution in [1.82, 2.24) is 14.5 Å². The molecule has 0 amide bonds. The SMILES string of the molecule is CN(Cc1nnsc1N)C1CCCCCC1. The Labute approximate surface area is 101 Å². The summed E-state index contributed by atoms with van der Waals surface area (Å²) in [5, 5.41) is 4.84. The molecule has 0 bridgehead atoms. The van der Waals surface area contributed by atoms with Crippen LogP contribution in [0.25, 0.3) is 0 Å². The van der Waals surface area contributed by atoms with Crippen molar-refractivity contribution >= 4 is 16.5 Å². The lowest BCUT2D eigenvalue weighted by Gasteiger charge is -2.26. The van der Waals surface area contributed by atoms with Crippen LogP contribution < -0.4 is 5.73 Å². The van der Waals surface area contributed by atoms with Crippen molar-refractivity contribution in [2.24, 2.45) is 0 Å². The Hall–Kier alpha value is -0.680. The number of aromatic nitrogens is 2. The first-order valence-corrected chi connectivity index (χ1v) is 6.81. The highest BCUT2D eigenvalue weighted by molar-refractivity contribution is 7.09. The van der Waals surface area contributed by atoms with E-state index in [9.17, 15) is 0 Å². The Morgan fingerprint density at radius 1 is 1.31 bits per heavy atom. The normalized spacial score (nSPS) is 18.9. The summed E-state index contributed by atoms with van der Waals surface area (Å²) >= 11 is 1.29. The predicted molar refractivity (Wildman–Crippen MR) is 67.3 cm³/mol. The third kappa shape index (κ3) is 2.92. The van der Waals surface area contributed by atoms with Gasteiger partial charge in [0.05, 0.1) is 0 Å². The largest absolute Gasteiger partial charge is 0.388 e. The van der Waals surface area contributed by atoms with Gasteiger partial charge in [0, 0.05) is 24.1 Å². The van der Waals surface area contributed by atoms with Gasteiger partial charge in [-0.05, 0) is 19.9 Å². The molecule has 0 unspecified atom stereocenters. The van der Waals surface area contributed by atoms with E-state index in [2.05, 4.69) is 21.5 Å². The predicted octanol–water partition coefficient (Wildman–Crippen LogP) is 2.27. The Kier molecular flexibility index (Phi) is 4.12. The molecule has 0 aliphatic heterocycles.